The number of methoxy groups -OCH3 is 1. The highest BCUT2D eigenvalue weighted by atomic mass is 16.5. The number of nitrogens with zero attached hydrogens (tertiary/aromatic N) is 1. The van der Waals surface area contributed by atoms with E-state index in [9.17, 15) is 0 Å². The van der Waals surface area contributed by atoms with Crippen LogP contribution >= 0.6 is 0 Å². The van der Waals surface area contributed by atoms with Gasteiger partial charge in [0.25, 0.3) is 0 Å². The van der Waals surface area contributed by atoms with Crippen LogP contribution in [-0.4, -0.2) is 44.2 Å². The molecule has 2 rings (SSSR count). The average Bonchev–Trinajstić information content (AvgIpc) is 2.45. The summed E-state index contributed by atoms with van der Waals surface area (Å²) in [5.74, 6) is 0.934. The van der Waals surface area contributed by atoms with E-state index in [1.807, 2.05) is 12.1 Å². The summed E-state index contributed by atoms with van der Waals surface area (Å²) in [6.07, 6.45) is 1.11. The molecule has 0 aromatic heterocycles. The first-order chi connectivity index (χ1) is 9.49. The van der Waals surface area contributed by atoms with Crippen molar-refractivity contribution in [3.8, 4) is 5.75 Å². The molecule has 3 nitrogen and oxygen atoms in total. The quantitative estimate of drug-likeness (QED) is 0.914. The summed E-state index contributed by atoms with van der Waals surface area (Å²) in [5, 5.41) is 3.64. The Hall–Kier alpha value is -1.06. The van der Waals surface area contributed by atoms with Crippen LogP contribution in [0.1, 0.15) is 26.3 Å². The van der Waals surface area contributed by atoms with Crippen LogP contribution < -0.4 is 10.1 Å². The van der Waals surface area contributed by atoms with E-state index in [1.165, 1.54) is 5.56 Å². The Morgan fingerprint density at radius 2 is 1.95 bits per heavy atom. The molecule has 1 heterocycles. The van der Waals surface area contributed by atoms with E-state index >= 15 is 0 Å². The molecule has 1 N–H and O–H groups in total. The van der Waals surface area contributed by atoms with E-state index in [0.29, 0.717) is 11.5 Å². The maximum absolute atomic E-state index is 5.20. The van der Waals surface area contributed by atoms with Gasteiger partial charge in [-0.25, -0.2) is 0 Å². The average molecular weight is 276 g/mol. The van der Waals surface area contributed by atoms with E-state index in [0.717, 1.165) is 38.3 Å². The number of benzene rings is 1. The molecular formula is C17H28N2O. The SMILES string of the molecule is COc1ccc(CCN2CCNC(C(C)(C)C)C2)cc1. The first-order valence-corrected chi connectivity index (χ1v) is 7.58. The molecule has 0 saturated carbocycles. The van der Waals surface area contributed by atoms with Crippen LogP contribution in [0.15, 0.2) is 24.3 Å². The lowest BCUT2D eigenvalue weighted by Crippen LogP contribution is -2.56. The summed E-state index contributed by atoms with van der Waals surface area (Å²) >= 11 is 0. The molecule has 1 aromatic carbocycles. The summed E-state index contributed by atoms with van der Waals surface area (Å²) in [4.78, 5) is 2.58. The van der Waals surface area contributed by atoms with Gasteiger partial charge in [0.05, 0.1) is 7.11 Å². The van der Waals surface area contributed by atoms with Crippen molar-refractivity contribution in [1.29, 1.82) is 0 Å². The van der Waals surface area contributed by atoms with Gasteiger partial charge in [0.2, 0.25) is 0 Å². The van der Waals surface area contributed by atoms with Crippen LogP contribution in [0.25, 0.3) is 0 Å². The molecule has 112 valence electrons. The Morgan fingerprint density at radius 3 is 2.55 bits per heavy atom. The summed E-state index contributed by atoms with van der Waals surface area (Å²) in [5.41, 5.74) is 1.72. The van der Waals surface area contributed by atoms with Crippen molar-refractivity contribution in [1.82, 2.24) is 10.2 Å². The zero-order valence-electron chi connectivity index (χ0n) is 13.3. The van der Waals surface area contributed by atoms with E-state index < -0.39 is 0 Å². The van der Waals surface area contributed by atoms with Gasteiger partial charge >= 0.3 is 0 Å². The van der Waals surface area contributed by atoms with Gasteiger partial charge in [-0.2, -0.15) is 0 Å². The van der Waals surface area contributed by atoms with Gasteiger partial charge < -0.3 is 15.0 Å². The number of nitrogens with one attached hydrogen (secondary N) is 1. The lowest BCUT2D eigenvalue weighted by molar-refractivity contribution is 0.135. The molecule has 1 aliphatic rings. The Balaban J connectivity index is 1.83. The first-order valence-electron chi connectivity index (χ1n) is 7.58. The topological polar surface area (TPSA) is 24.5 Å². The largest absolute Gasteiger partial charge is 0.497 e. The Bertz CT molecular complexity index is 408. The highest BCUT2D eigenvalue weighted by molar-refractivity contribution is 5.27. The smallest absolute Gasteiger partial charge is 0.118 e. The number of piperazine rings is 1. The molecular weight excluding hydrogens is 248 g/mol. The van der Waals surface area contributed by atoms with Crippen LogP contribution in [0.5, 0.6) is 5.75 Å². The van der Waals surface area contributed by atoms with E-state index in [4.69, 9.17) is 4.74 Å². The standard InChI is InChI=1S/C17H28N2O/c1-17(2,3)16-13-19(12-10-18-16)11-9-14-5-7-15(20-4)8-6-14/h5-8,16,18H,9-13H2,1-4H3. The summed E-state index contributed by atoms with van der Waals surface area (Å²) in [7, 11) is 1.71. The molecule has 3 heteroatoms. The maximum Gasteiger partial charge on any atom is 0.118 e. The minimum Gasteiger partial charge on any atom is -0.497 e. The zero-order chi connectivity index (χ0) is 14.6. The molecule has 0 radical (unpaired) electrons. The third-order valence-electron chi connectivity index (χ3n) is 4.18. The molecule has 1 atom stereocenters. The minimum absolute atomic E-state index is 0.332. The first kappa shape index (κ1) is 15.3. The van der Waals surface area contributed by atoms with Gasteiger partial charge in [-0.05, 0) is 29.5 Å². The predicted octanol–water partition coefficient (Wildman–Crippen LogP) is 2.56. The highest BCUT2D eigenvalue weighted by Crippen LogP contribution is 2.22. The van der Waals surface area contributed by atoms with Gasteiger partial charge in [-0.3, -0.25) is 0 Å². The van der Waals surface area contributed by atoms with Crippen molar-refractivity contribution in [2.45, 2.75) is 33.2 Å². The van der Waals surface area contributed by atoms with Crippen molar-refractivity contribution in [3.63, 3.8) is 0 Å². The third kappa shape index (κ3) is 4.22. The third-order valence-corrected chi connectivity index (χ3v) is 4.18. The maximum atomic E-state index is 5.20. The molecule has 20 heavy (non-hydrogen) atoms. The summed E-state index contributed by atoms with van der Waals surface area (Å²) in [6, 6.07) is 9.02. The van der Waals surface area contributed by atoms with Crippen LogP contribution in [0.2, 0.25) is 0 Å². The van der Waals surface area contributed by atoms with Gasteiger partial charge in [-0.1, -0.05) is 32.9 Å². The second-order valence-electron chi connectivity index (χ2n) is 6.77. The van der Waals surface area contributed by atoms with Gasteiger partial charge in [0.1, 0.15) is 5.75 Å². The fraction of sp³-hybridized carbons (Fsp3) is 0.647. The lowest BCUT2D eigenvalue weighted by atomic mass is 9.85. The van der Waals surface area contributed by atoms with Crippen molar-refractivity contribution < 1.29 is 4.74 Å². The van der Waals surface area contributed by atoms with Crippen LogP contribution in [-0.2, 0) is 6.42 Å². The minimum atomic E-state index is 0.332. The van der Waals surface area contributed by atoms with Crippen LogP contribution in [0, 0.1) is 5.41 Å². The van der Waals surface area contributed by atoms with Crippen LogP contribution in [0.3, 0.4) is 0 Å². The Kier molecular flexibility index (Phi) is 5.06. The molecule has 1 aromatic rings. The molecule has 1 unspecified atom stereocenters. The van der Waals surface area contributed by atoms with E-state index in [-0.39, 0.29) is 0 Å². The van der Waals surface area contributed by atoms with Crippen LogP contribution in [0.4, 0.5) is 0 Å². The summed E-state index contributed by atoms with van der Waals surface area (Å²) < 4.78 is 5.20. The lowest BCUT2D eigenvalue weighted by Gasteiger charge is -2.40. The number of ether oxygens (including phenoxy) is 1. The number of hydrogen-bond acceptors (Lipinski definition) is 3. The Labute approximate surface area is 123 Å². The van der Waals surface area contributed by atoms with Gasteiger partial charge in [0.15, 0.2) is 0 Å². The molecule has 0 aliphatic carbocycles. The van der Waals surface area contributed by atoms with Gasteiger partial charge in [0, 0.05) is 32.2 Å². The second-order valence-corrected chi connectivity index (χ2v) is 6.77. The molecule has 1 aliphatic heterocycles. The molecule has 1 saturated heterocycles. The normalized spacial score (nSPS) is 20.9. The molecule has 0 spiro atoms. The number of hydrogen-bond donors (Lipinski definition) is 1. The van der Waals surface area contributed by atoms with E-state index in [1.54, 1.807) is 7.11 Å². The van der Waals surface area contributed by atoms with Crippen molar-refractivity contribution in [2.24, 2.45) is 5.41 Å². The number of rotatable bonds is 4. The fourth-order valence-electron chi connectivity index (χ4n) is 2.67. The highest BCUT2D eigenvalue weighted by Gasteiger charge is 2.28. The fourth-order valence-corrected chi connectivity index (χ4v) is 2.67. The molecule has 0 amide bonds. The van der Waals surface area contributed by atoms with Gasteiger partial charge in [-0.15, -0.1) is 0 Å². The monoisotopic (exact) mass is 276 g/mol. The van der Waals surface area contributed by atoms with Crippen molar-refractivity contribution >= 4 is 0 Å². The second kappa shape index (κ2) is 6.59. The Morgan fingerprint density at radius 1 is 1.25 bits per heavy atom. The zero-order valence-corrected chi connectivity index (χ0v) is 13.3. The summed E-state index contributed by atoms with van der Waals surface area (Å²) in [6.45, 7) is 11.5. The van der Waals surface area contributed by atoms with Crippen molar-refractivity contribution in [2.75, 3.05) is 33.3 Å². The molecule has 0 bridgehead atoms. The van der Waals surface area contributed by atoms with E-state index in [2.05, 4.69) is 43.1 Å². The molecule has 1 fully saturated rings. The predicted molar refractivity (Wildman–Crippen MR) is 84.4 cm³/mol. The van der Waals surface area contributed by atoms with Crippen molar-refractivity contribution in [3.05, 3.63) is 29.8 Å².